The van der Waals surface area contributed by atoms with Crippen LogP contribution in [0, 0.1) is 5.82 Å². The number of rotatable bonds is 4. The van der Waals surface area contributed by atoms with Crippen molar-refractivity contribution in [1.29, 1.82) is 0 Å². The first-order valence-electron chi connectivity index (χ1n) is 8.32. The molecule has 0 bridgehead atoms. The highest BCUT2D eigenvalue weighted by atomic mass is 19.1. The van der Waals surface area contributed by atoms with Gasteiger partial charge in [0.05, 0.1) is 0 Å². The van der Waals surface area contributed by atoms with E-state index in [1.54, 1.807) is 23.3 Å². The molecule has 1 saturated heterocycles. The molecule has 3 aromatic rings. The molecule has 0 atom stereocenters. The number of nitrogens with zero attached hydrogens (tertiary/aromatic N) is 6. The maximum atomic E-state index is 13.8. The monoisotopic (exact) mass is 338 g/mol. The molecule has 0 spiro atoms. The van der Waals surface area contributed by atoms with E-state index in [2.05, 4.69) is 24.9 Å². The first-order chi connectivity index (χ1) is 12.3. The van der Waals surface area contributed by atoms with Gasteiger partial charge < -0.3 is 4.90 Å². The summed E-state index contributed by atoms with van der Waals surface area (Å²) < 4.78 is 15.5. The second-order valence-electron chi connectivity index (χ2n) is 6.04. The van der Waals surface area contributed by atoms with E-state index in [1.807, 2.05) is 30.5 Å². The van der Waals surface area contributed by atoms with Crippen LogP contribution in [0.15, 0.2) is 55.1 Å². The summed E-state index contributed by atoms with van der Waals surface area (Å²) in [5.74, 6) is 1.51. The molecule has 3 heterocycles. The third-order valence-corrected chi connectivity index (χ3v) is 4.43. The van der Waals surface area contributed by atoms with Crippen molar-refractivity contribution in [3.63, 3.8) is 0 Å². The fourth-order valence-corrected chi connectivity index (χ4v) is 3.04. The Morgan fingerprint density at radius 3 is 2.52 bits per heavy atom. The Balaban J connectivity index is 1.40. The molecule has 1 aliphatic rings. The zero-order valence-electron chi connectivity index (χ0n) is 13.8. The molecular formula is C18H19FN6. The van der Waals surface area contributed by atoms with Crippen molar-refractivity contribution in [3.05, 3.63) is 66.5 Å². The van der Waals surface area contributed by atoms with Crippen molar-refractivity contribution in [2.75, 3.05) is 31.1 Å². The molecule has 0 radical (unpaired) electrons. The third kappa shape index (κ3) is 3.51. The number of halogens is 1. The number of piperazine rings is 1. The van der Waals surface area contributed by atoms with Crippen LogP contribution in [0.5, 0.6) is 0 Å². The average Bonchev–Trinajstić information content (AvgIpc) is 3.19. The Hall–Kier alpha value is -2.80. The number of anilines is 1. The van der Waals surface area contributed by atoms with Gasteiger partial charge in [-0.3, -0.25) is 4.90 Å². The molecule has 25 heavy (non-hydrogen) atoms. The molecule has 128 valence electrons. The van der Waals surface area contributed by atoms with E-state index < -0.39 is 0 Å². The molecule has 0 aliphatic carbocycles. The summed E-state index contributed by atoms with van der Waals surface area (Å²) in [7, 11) is 0. The van der Waals surface area contributed by atoms with Crippen molar-refractivity contribution in [3.8, 4) is 5.82 Å². The van der Waals surface area contributed by atoms with E-state index in [9.17, 15) is 4.39 Å². The van der Waals surface area contributed by atoms with E-state index in [0.29, 0.717) is 6.54 Å². The molecular weight excluding hydrogens is 319 g/mol. The molecule has 1 aromatic carbocycles. The number of hydrogen-bond acceptors (Lipinski definition) is 5. The van der Waals surface area contributed by atoms with Gasteiger partial charge in [0.2, 0.25) is 0 Å². The molecule has 1 aliphatic heterocycles. The first kappa shape index (κ1) is 15.7. The van der Waals surface area contributed by atoms with Crippen LogP contribution in [0.3, 0.4) is 0 Å². The molecule has 4 rings (SSSR count). The van der Waals surface area contributed by atoms with Crippen molar-refractivity contribution >= 4 is 5.82 Å². The molecule has 0 N–H and O–H groups in total. The van der Waals surface area contributed by atoms with Crippen LogP contribution in [0.2, 0.25) is 0 Å². The van der Waals surface area contributed by atoms with Crippen LogP contribution in [0.1, 0.15) is 5.56 Å². The van der Waals surface area contributed by atoms with Crippen LogP contribution in [-0.2, 0) is 6.54 Å². The lowest BCUT2D eigenvalue weighted by Crippen LogP contribution is -2.46. The molecule has 2 aromatic heterocycles. The highest BCUT2D eigenvalue weighted by Crippen LogP contribution is 2.17. The molecule has 7 heteroatoms. The summed E-state index contributed by atoms with van der Waals surface area (Å²) in [4.78, 5) is 13.2. The quantitative estimate of drug-likeness (QED) is 0.729. The Labute approximate surface area is 145 Å². The second-order valence-corrected chi connectivity index (χ2v) is 6.04. The SMILES string of the molecule is Fc1ccccc1CN1CCN(c2cc(-n3cccn3)ncn2)CC1. The smallest absolute Gasteiger partial charge is 0.158 e. The largest absolute Gasteiger partial charge is 0.354 e. The van der Waals surface area contributed by atoms with Crippen LogP contribution in [0.25, 0.3) is 5.82 Å². The van der Waals surface area contributed by atoms with Crippen molar-refractivity contribution in [2.24, 2.45) is 0 Å². The van der Waals surface area contributed by atoms with E-state index in [1.165, 1.54) is 6.07 Å². The zero-order valence-corrected chi connectivity index (χ0v) is 13.8. The van der Waals surface area contributed by atoms with Crippen molar-refractivity contribution < 1.29 is 4.39 Å². The van der Waals surface area contributed by atoms with Gasteiger partial charge in [0.1, 0.15) is 18.0 Å². The van der Waals surface area contributed by atoms with Crippen LogP contribution in [0.4, 0.5) is 10.2 Å². The summed E-state index contributed by atoms with van der Waals surface area (Å²) >= 11 is 0. The van der Waals surface area contributed by atoms with Gasteiger partial charge in [0.25, 0.3) is 0 Å². The third-order valence-electron chi connectivity index (χ3n) is 4.43. The Morgan fingerprint density at radius 1 is 0.960 bits per heavy atom. The number of hydrogen-bond donors (Lipinski definition) is 0. The van der Waals surface area contributed by atoms with Gasteiger partial charge in [-0.25, -0.2) is 19.0 Å². The molecule has 0 saturated carbocycles. The van der Waals surface area contributed by atoms with Gasteiger partial charge in [-0.1, -0.05) is 18.2 Å². The maximum Gasteiger partial charge on any atom is 0.158 e. The summed E-state index contributed by atoms with van der Waals surface area (Å²) in [5.41, 5.74) is 0.749. The van der Waals surface area contributed by atoms with E-state index in [0.717, 1.165) is 43.4 Å². The lowest BCUT2D eigenvalue weighted by molar-refractivity contribution is 0.246. The Kier molecular flexibility index (Phi) is 4.39. The van der Waals surface area contributed by atoms with Crippen LogP contribution >= 0.6 is 0 Å². The van der Waals surface area contributed by atoms with Gasteiger partial charge >= 0.3 is 0 Å². The normalized spacial score (nSPS) is 15.5. The predicted molar refractivity (Wildman–Crippen MR) is 93.0 cm³/mol. The minimum absolute atomic E-state index is 0.135. The molecule has 0 unspecified atom stereocenters. The van der Waals surface area contributed by atoms with E-state index in [-0.39, 0.29) is 5.82 Å². The minimum atomic E-state index is -0.135. The Morgan fingerprint density at radius 2 is 1.76 bits per heavy atom. The van der Waals surface area contributed by atoms with Gasteiger partial charge in [0, 0.05) is 56.7 Å². The summed E-state index contributed by atoms with van der Waals surface area (Å²) in [5, 5.41) is 4.20. The molecule has 0 amide bonds. The number of benzene rings is 1. The van der Waals surface area contributed by atoms with Crippen LogP contribution < -0.4 is 4.90 Å². The standard InChI is InChI=1S/C18H19FN6/c19-16-5-2-1-4-15(16)13-23-8-10-24(11-9-23)17-12-18(21-14-20-17)25-7-3-6-22-25/h1-7,12,14H,8-11,13H2. The summed E-state index contributed by atoms with van der Waals surface area (Å²) in [6.07, 6.45) is 5.15. The van der Waals surface area contributed by atoms with Gasteiger partial charge in [-0.05, 0) is 12.1 Å². The van der Waals surface area contributed by atoms with Crippen LogP contribution in [-0.4, -0.2) is 50.8 Å². The maximum absolute atomic E-state index is 13.8. The fourth-order valence-electron chi connectivity index (χ4n) is 3.04. The fraction of sp³-hybridized carbons (Fsp3) is 0.278. The molecule has 6 nitrogen and oxygen atoms in total. The second kappa shape index (κ2) is 6.98. The first-order valence-corrected chi connectivity index (χ1v) is 8.32. The molecule has 1 fully saturated rings. The topological polar surface area (TPSA) is 50.1 Å². The Bertz CT molecular complexity index is 827. The zero-order chi connectivity index (χ0) is 17.1. The minimum Gasteiger partial charge on any atom is -0.354 e. The lowest BCUT2D eigenvalue weighted by atomic mass is 10.2. The highest BCUT2D eigenvalue weighted by Gasteiger charge is 2.19. The summed E-state index contributed by atoms with van der Waals surface area (Å²) in [6.45, 7) is 4.09. The van der Waals surface area contributed by atoms with Gasteiger partial charge in [-0.2, -0.15) is 5.10 Å². The highest BCUT2D eigenvalue weighted by molar-refractivity contribution is 5.43. The van der Waals surface area contributed by atoms with Gasteiger partial charge in [0.15, 0.2) is 5.82 Å². The van der Waals surface area contributed by atoms with Crippen molar-refractivity contribution in [1.82, 2.24) is 24.6 Å². The van der Waals surface area contributed by atoms with Crippen molar-refractivity contribution in [2.45, 2.75) is 6.54 Å². The van der Waals surface area contributed by atoms with Gasteiger partial charge in [-0.15, -0.1) is 0 Å². The number of aromatic nitrogens is 4. The van der Waals surface area contributed by atoms with E-state index >= 15 is 0 Å². The lowest BCUT2D eigenvalue weighted by Gasteiger charge is -2.35. The predicted octanol–water partition coefficient (Wildman–Crippen LogP) is 2.12. The average molecular weight is 338 g/mol. The van der Waals surface area contributed by atoms with E-state index in [4.69, 9.17) is 0 Å². The summed E-state index contributed by atoms with van der Waals surface area (Å²) in [6, 6.07) is 10.8.